The van der Waals surface area contributed by atoms with E-state index in [0.717, 1.165) is 24.3 Å². The summed E-state index contributed by atoms with van der Waals surface area (Å²) >= 11 is -2.57. The number of carboxylic acid groups (broad SMARTS) is 1. The first-order valence-electron chi connectivity index (χ1n) is 5.04. The summed E-state index contributed by atoms with van der Waals surface area (Å²) < 4.78 is 55.1. The van der Waals surface area contributed by atoms with Crippen LogP contribution in [0.5, 0.6) is 0 Å². The van der Waals surface area contributed by atoms with Gasteiger partial charge in [0.1, 0.15) is 10.1 Å². The molecule has 0 fully saturated rings. The van der Waals surface area contributed by atoms with Crippen LogP contribution in [0.4, 0.5) is 0 Å². The number of benzene rings is 2. The van der Waals surface area contributed by atoms with Gasteiger partial charge in [0.05, 0.1) is 10.9 Å². The minimum Gasteiger partial charge on any atom is -0.870 e. The molecule has 8 nitrogen and oxygen atoms in total. The predicted octanol–water partition coefficient (Wildman–Crippen LogP) is -9.82. The molecule has 0 heterocycles. The van der Waals surface area contributed by atoms with E-state index >= 15 is 0 Å². The Morgan fingerprint density at radius 1 is 1.04 bits per heavy atom. The number of hydrogen-bond donors (Lipinski definition) is 0. The Morgan fingerprint density at radius 3 is 2.00 bits per heavy atom. The van der Waals surface area contributed by atoms with Crippen LogP contribution >= 0.6 is 0 Å². The number of carboxylic acids is 1. The van der Waals surface area contributed by atoms with Gasteiger partial charge in [0, 0.05) is 4.90 Å². The van der Waals surface area contributed by atoms with Gasteiger partial charge in [-0.25, -0.2) is 8.42 Å². The van der Waals surface area contributed by atoms with Crippen molar-refractivity contribution in [1.29, 1.82) is 0 Å². The molecule has 0 aliphatic carbocycles. The van der Waals surface area contributed by atoms with Crippen molar-refractivity contribution in [1.82, 2.24) is 0 Å². The molecule has 0 bridgehead atoms. The van der Waals surface area contributed by atoms with Gasteiger partial charge in [-0.3, -0.25) is 4.21 Å². The van der Waals surface area contributed by atoms with E-state index in [-0.39, 0.29) is 77.7 Å². The first-order valence-corrected chi connectivity index (χ1v) is 7.53. The van der Waals surface area contributed by atoms with E-state index in [1.165, 1.54) is 0 Å². The van der Waals surface area contributed by atoms with Crippen molar-refractivity contribution in [2.24, 2.45) is 0 Å². The largest absolute Gasteiger partial charge is 1.00 e. The van der Waals surface area contributed by atoms with Gasteiger partial charge in [0.25, 0.3) is 0 Å². The topological polar surface area (TPSA) is 167 Å². The first kappa shape index (κ1) is 28.7. The van der Waals surface area contributed by atoms with E-state index in [1.807, 2.05) is 0 Å². The van der Waals surface area contributed by atoms with E-state index in [4.69, 9.17) is 0 Å². The minimum absolute atomic E-state index is 0. The molecule has 2 aromatic carbocycles. The molecule has 24 heavy (non-hydrogen) atoms. The molecule has 1 atom stereocenters. The van der Waals surface area contributed by atoms with Gasteiger partial charge in [0.15, 0.2) is 0 Å². The van der Waals surface area contributed by atoms with Crippen molar-refractivity contribution >= 4 is 37.9 Å². The van der Waals surface area contributed by atoms with E-state index in [0.29, 0.717) is 6.07 Å². The van der Waals surface area contributed by atoms with Crippen LogP contribution < -0.4 is 61.7 Å². The molecule has 0 saturated heterocycles. The number of carbonyl (C=O) groups excluding carboxylic acids is 1. The molecule has 0 aliphatic rings. The van der Waals surface area contributed by atoms with Crippen LogP contribution in [0.1, 0.15) is 10.4 Å². The molecule has 0 radical (unpaired) electrons. The van der Waals surface area contributed by atoms with E-state index in [9.17, 15) is 31.6 Å². The molecule has 1 unspecified atom stereocenters. The fourth-order valence-electron chi connectivity index (χ4n) is 1.74. The molecule has 0 spiro atoms. The van der Waals surface area contributed by atoms with Crippen molar-refractivity contribution in [2.45, 2.75) is 9.79 Å². The Balaban J connectivity index is -0.00000110. The SMILES string of the molecule is O=C([O-])c1cc(S(=O)(=O)[O-])c2ccc(S(=O)[O-])cc2c1.[Li+].[Li+].[Li+].[OH-]. The van der Waals surface area contributed by atoms with Crippen LogP contribution in [0, 0.1) is 0 Å². The van der Waals surface area contributed by atoms with Crippen LogP contribution in [-0.4, -0.2) is 33.2 Å². The molecule has 2 aromatic rings. The van der Waals surface area contributed by atoms with Crippen LogP contribution in [0.3, 0.4) is 0 Å². The number of aromatic carboxylic acids is 1. The average molecular weight is 351 g/mol. The normalized spacial score (nSPS) is 11.1. The van der Waals surface area contributed by atoms with E-state index in [1.54, 1.807) is 0 Å². The van der Waals surface area contributed by atoms with E-state index < -0.39 is 37.6 Å². The van der Waals surface area contributed by atoms with Crippen LogP contribution in [0.2, 0.25) is 0 Å². The molecule has 0 amide bonds. The Bertz CT molecular complexity index is 848. The van der Waals surface area contributed by atoms with Gasteiger partial charge in [-0.15, -0.1) is 0 Å². The summed E-state index contributed by atoms with van der Waals surface area (Å²) in [6.07, 6.45) is 0. The molecule has 0 aromatic heterocycles. The predicted molar refractivity (Wildman–Crippen MR) is 65.4 cm³/mol. The number of hydrogen-bond acceptors (Lipinski definition) is 8. The van der Waals surface area contributed by atoms with Gasteiger partial charge in [-0.2, -0.15) is 0 Å². The van der Waals surface area contributed by atoms with Crippen molar-refractivity contribution in [2.75, 3.05) is 0 Å². The average Bonchev–Trinajstić information content (AvgIpc) is 2.35. The summed E-state index contributed by atoms with van der Waals surface area (Å²) in [5.41, 5.74) is -0.527. The maximum absolute atomic E-state index is 11.1. The Morgan fingerprint density at radius 2 is 1.58 bits per heavy atom. The summed E-state index contributed by atoms with van der Waals surface area (Å²) in [6.45, 7) is 0. The zero-order valence-electron chi connectivity index (χ0n) is 13.0. The zero-order valence-corrected chi connectivity index (χ0v) is 14.6. The first-order chi connectivity index (χ1) is 9.20. The third-order valence-corrected chi connectivity index (χ3v) is 4.10. The molecular weight excluding hydrogens is 345 g/mol. The molecule has 2 rings (SSSR count). The summed E-state index contributed by atoms with van der Waals surface area (Å²) in [6, 6.07) is 5.03. The maximum atomic E-state index is 11.1. The smallest absolute Gasteiger partial charge is 0.870 e. The summed E-state index contributed by atoms with van der Waals surface area (Å²) in [4.78, 5) is 9.91. The second-order valence-electron chi connectivity index (χ2n) is 3.83. The Kier molecular flexibility index (Phi) is 13.0. The number of carbonyl (C=O) groups is 1. The van der Waals surface area contributed by atoms with Crippen molar-refractivity contribution in [3.8, 4) is 0 Å². The molecule has 13 heteroatoms. The summed E-state index contributed by atoms with van der Waals surface area (Å²) in [5, 5.41) is 10.8. The van der Waals surface area contributed by atoms with Gasteiger partial charge >= 0.3 is 56.6 Å². The van der Waals surface area contributed by atoms with Gasteiger partial charge in [-0.05, 0) is 51.7 Å². The molecule has 114 valence electrons. The molecule has 0 aliphatic heterocycles. The molecular formula is C11H6Li3O8S2-. The Labute approximate surface area is 176 Å². The second kappa shape index (κ2) is 10.8. The quantitative estimate of drug-likeness (QED) is 0.298. The summed E-state index contributed by atoms with van der Waals surface area (Å²) in [7, 11) is -4.91. The van der Waals surface area contributed by atoms with Crippen molar-refractivity contribution in [3.63, 3.8) is 0 Å². The fraction of sp³-hybridized carbons (Fsp3) is 0. The van der Waals surface area contributed by atoms with E-state index in [2.05, 4.69) is 0 Å². The standard InChI is InChI=1S/C11H8O7S2.3Li.H2O/c12-11(13)7-3-6-4-8(19(14)15)1-2-9(6)10(5-7)20(16,17)18;;;;/h1-5H,(H,12,13)(H,14,15)(H,16,17,18);;;;1H2/q;3*+1;/p-4. The number of rotatable bonds is 3. The van der Waals surface area contributed by atoms with Gasteiger partial charge < -0.3 is 24.5 Å². The van der Waals surface area contributed by atoms with Gasteiger partial charge in [-0.1, -0.05) is 6.07 Å². The molecule has 0 saturated carbocycles. The second-order valence-corrected chi connectivity index (χ2v) is 6.12. The third-order valence-electron chi connectivity index (χ3n) is 2.58. The monoisotopic (exact) mass is 351 g/mol. The molecule has 1 N–H and O–H groups in total. The van der Waals surface area contributed by atoms with Crippen LogP contribution in [-0.2, 0) is 21.2 Å². The van der Waals surface area contributed by atoms with Crippen molar-refractivity contribution in [3.05, 3.63) is 35.9 Å². The zero-order chi connectivity index (χ0) is 15.1. The van der Waals surface area contributed by atoms with Gasteiger partial charge in [0.2, 0.25) is 0 Å². The third kappa shape index (κ3) is 6.35. The fourth-order valence-corrected chi connectivity index (χ4v) is 2.87. The van der Waals surface area contributed by atoms with Crippen molar-refractivity contribution < 1.29 is 93.7 Å². The van der Waals surface area contributed by atoms with Crippen LogP contribution in [0.15, 0.2) is 40.1 Å². The van der Waals surface area contributed by atoms with Crippen LogP contribution in [0.25, 0.3) is 10.8 Å². The maximum Gasteiger partial charge on any atom is 1.00 e. The summed E-state index contributed by atoms with van der Waals surface area (Å²) in [5.74, 6) is -1.68. The Hall–Kier alpha value is -0.0578. The number of fused-ring (bicyclic) bond motifs is 1. The minimum atomic E-state index is -4.91.